The van der Waals surface area contributed by atoms with E-state index < -0.39 is 0 Å². The molecule has 3 rings (SSSR count). The zero-order chi connectivity index (χ0) is 13.4. The van der Waals surface area contributed by atoms with Crippen LogP contribution in [0.25, 0.3) is 0 Å². The molecular formula is C16H19NO2. The van der Waals surface area contributed by atoms with Crippen LogP contribution in [0, 0.1) is 11.8 Å². The number of hydrogen-bond donors (Lipinski definition) is 0. The molecule has 1 aliphatic carbocycles. The Balaban J connectivity index is 1.76. The zero-order valence-corrected chi connectivity index (χ0v) is 11.3. The second-order valence-corrected chi connectivity index (χ2v) is 5.79. The van der Waals surface area contributed by atoms with Crippen molar-refractivity contribution in [2.75, 3.05) is 6.54 Å². The van der Waals surface area contributed by atoms with Gasteiger partial charge in [-0.2, -0.15) is 0 Å². The van der Waals surface area contributed by atoms with E-state index in [4.69, 9.17) is 0 Å². The first-order valence-corrected chi connectivity index (χ1v) is 7.13. The Hall–Kier alpha value is -1.64. The van der Waals surface area contributed by atoms with Gasteiger partial charge in [0.25, 0.3) is 11.8 Å². The Morgan fingerprint density at radius 2 is 1.63 bits per heavy atom. The standard InChI is InChI=1S/C16H19NO2/c1-11(12-6-2-3-7-12)10-17-15(18)13-8-4-5-9-14(13)16(17)19/h4-5,8-9,11-12H,2-3,6-7,10H2,1H3. The summed E-state index contributed by atoms with van der Waals surface area (Å²) in [5, 5.41) is 0. The molecule has 0 radical (unpaired) electrons. The molecule has 0 N–H and O–H groups in total. The SMILES string of the molecule is CC(CN1C(=O)c2ccccc2C1=O)C1CCCC1. The van der Waals surface area contributed by atoms with Crippen molar-refractivity contribution in [1.29, 1.82) is 0 Å². The average molecular weight is 257 g/mol. The van der Waals surface area contributed by atoms with Crippen molar-refractivity contribution in [2.45, 2.75) is 32.6 Å². The highest BCUT2D eigenvalue weighted by atomic mass is 16.2. The third kappa shape index (κ3) is 2.07. The molecule has 1 aliphatic heterocycles. The number of rotatable bonds is 3. The fraction of sp³-hybridized carbons (Fsp3) is 0.500. The van der Waals surface area contributed by atoms with Gasteiger partial charge in [0.05, 0.1) is 11.1 Å². The molecule has 2 aliphatic rings. The van der Waals surface area contributed by atoms with Gasteiger partial charge in [-0.25, -0.2) is 0 Å². The lowest BCUT2D eigenvalue weighted by Gasteiger charge is -2.23. The molecule has 3 heteroatoms. The first kappa shape index (κ1) is 12.4. The summed E-state index contributed by atoms with van der Waals surface area (Å²) in [6.07, 6.45) is 5.06. The highest BCUT2D eigenvalue weighted by Gasteiger charge is 2.37. The van der Waals surface area contributed by atoms with Crippen molar-refractivity contribution in [3.8, 4) is 0 Å². The molecule has 1 saturated carbocycles. The minimum Gasteiger partial charge on any atom is -0.274 e. The van der Waals surface area contributed by atoms with Gasteiger partial charge in [-0.15, -0.1) is 0 Å². The normalized spacial score (nSPS) is 21.0. The molecular weight excluding hydrogens is 238 g/mol. The van der Waals surface area contributed by atoms with E-state index in [1.807, 2.05) is 12.1 Å². The number of benzene rings is 1. The largest absolute Gasteiger partial charge is 0.274 e. The van der Waals surface area contributed by atoms with E-state index in [0.29, 0.717) is 29.5 Å². The summed E-state index contributed by atoms with van der Waals surface area (Å²) in [5.74, 6) is 0.838. The number of hydrogen-bond acceptors (Lipinski definition) is 2. The van der Waals surface area contributed by atoms with Gasteiger partial charge in [-0.1, -0.05) is 44.7 Å². The van der Waals surface area contributed by atoms with Crippen molar-refractivity contribution in [1.82, 2.24) is 4.90 Å². The number of imide groups is 1. The molecule has 1 heterocycles. The molecule has 19 heavy (non-hydrogen) atoms. The Kier molecular flexibility index (Phi) is 3.13. The summed E-state index contributed by atoms with van der Waals surface area (Å²) in [5.41, 5.74) is 1.12. The second-order valence-electron chi connectivity index (χ2n) is 5.79. The van der Waals surface area contributed by atoms with Crippen LogP contribution in [0.15, 0.2) is 24.3 Å². The summed E-state index contributed by atoms with van der Waals surface area (Å²) in [4.78, 5) is 26.0. The van der Waals surface area contributed by atoms with E-state index in [-0.39, 0.29) is 11.8 Å². The van der Waals surface area contributed by atoms with Crippen molar-refractivity contribution in [3.63, 3.8) is 0 Å². The van der Waals surface area contributed by atoms with Crippen molar-refractivity contribution in [3.05, 3.63) is 35.4 Å². The van der Waals surface area contributed by atoms with E-state index in [1.54, 1.807) is 12.1 Å². The Morgan fingerprint density at radius 3 is 2.16 bits per heavy atom. The summed E-state index contributed by atoms with van der Waals surface area (Å²) < 4.78 is 0. The second kappa shape index (κ2) is 4.80. The lowest BCUT2D eigenvalue weighted by molar-refractivity contribution is 0.0616. The van der Waals surface area contributed by atoms with Crippen molar-refractivity contribution >= 4 is 11.8 Å². The predicted molar refractivity (Wildman–Crippen MR) is 72.9 cm³/mol. The smallest absolute Gasteiger partial charge is 0.261 e. The van der Waals surface area contributed by atoms with Gasteiger partial charge in [0.15, 0.2) is 0 Å². The van der Waals surface area contributed by atoms with Crippen LogP contribution < -0.4 is 0 Å². The van der Waals surface area contributed by atoms with Crippen LogP contribution in [0.4, 0.5) is 0 Å². The highest BCUT2D eigenvalue weighted by Crippen LogP contribution is 2.33. The molecule has 1 unspecified atom stereocenters. The number of amides is 2. The lowest BCUT2D eigenvalue weighted by atomic mass is 9.92. The number of nitrogens with zero attached hydrogens (tertiary/aromatic N) is 1. The quantitative estimate of drug-likeness (QED) is 0.780. The van der Waals surface area contributed by atoms with Gasteiger partial charge in [0.2, 0.25) is 0 Å². The molecule has 1 aromatic carbocycles. The molecule has 0 spiro atoms. The van der Waals surface area contributed by atoms with Crippen LogP contribution in [0.1, 0.15) is 53.3 Å². The zero-order valence-electron chi connectivity index (χ0n) is 11.3. The summed E-state index contributed by atoms with van der Waals surface area (Å²) in [7, 11) is 0. The van der Waals surface area contributed by atoms with Crippen LogP contribution in [0.5, 0.6) is 0 Å². The molecule has 100 valence electrons. The van der Waals surface area contributed by atoms with Crippen LogP contribution in [-0.2, 0) is 0 Å². The number of carbonyl (C=O) groups is 2. The van der Waals surface area contributed by atoms with Gasteiger partial charge in [0, 0.05) is 6.54 Å². The summed E-state index contributed by atoms with van der Waals surface area (Å²) in [6.45, 7) is 2.73. The van der Waals surface area contributed by atoms with E-state index in [2.05, 4.69) is 6.92 Å². The minimum atomic E-state index is -0.120. The number of fused-ring (bicyclic) bond motifs is 1. The summed E-state index contributed by atoms with van der Waals surface area (Å²) in [6, 6.07) is 7.12. The third-order valence-electron chi connectivity index (χ3n) is 4.55. The molecule has 1 aromatic rings. The van der Waals surface area contributed by atoms with Crippen molar-refractivity contribution < 1.29 is 9.59 Å². The van der Waals surface area contributed by atoms with E-state index in [0.717, 1.165) is 0 Å². The summed E-state index contributed by atoms with van der Waals surface area (Å²) >= 11 is 0. The van der Waals surface area contributed by atoms with Gasteiger partial charge in [-0.3, -0.25) is 14.5 Å². The molecule has 2 amide bonds. The first-order valence-electron chi connectivity index (χ1n) is 7.13. The average Bonchev–Trinajstić information content (AvgIpc) is 3.03. The maximum absolute atomic E-state index is 12.3. The van der Waals surface area contributed by atoms with E-state index >= 15 is 0 Å². The number of carbonyl (C=O) groups excluding carboxylic acids is 2. The molecule has 1 atom stereocenters. The molecule has 0 saturated heterocycles. The van der Waals surface area contributed by atoms with E-state index in [1.165, 1.54) is 30.6 Å². The van der Waals surface area contributed by atoms with Gasteiger partial charge >= 0.3 is 0 Å². The molecule has 1 fully saturated rings. The topological polar surface area (TPSA) is 37.4 Å². The maximum Gasteiger partial charge on any atom is 0.261 e. The Morgan fingerprint density at radius 1 is 1.11 bits per heavy atom. The van der Waals surface area contributed by atoms with Gasteiger partial charge < -0.3 is 0 Å². The van der Waals surface area contributed by atoms with Crippen LogP contribution in [-0.4, -0.2) is 23.3 Å². The fourth-order valence-electron chi connectivity index (χ4n) is 3.37. The Labute approximate surface area is 113 Å². The molecule has 0 aromatic heterocycles. The van der Waals surface area contributed by atoms with Crippen molar-refractivity contribution in [2.24, 2.45) is 11.8 Å². The van der Waals surface area contributed by atoms with Crippen LogP contribution in [0.3, 0.4) is 0 Å². The fourth-order valence-corrected chi connectivity index (χ4v) is 3.37. The molecule has 0 bridgehead atoms. The minimum absolute atomic E-state index is 0.120. The monoisotopic (exact) mass is 257 g/mol. The lowest BCUT2D eigenvalue weighted by Crippen LogP contribution is -2.35. The maximum atomic E-state index is 12.3. The third-order valence-corrected chi connectivity index (χ3v) is 4.55. The van der Waals surface area contributed by atoms with E-state index in [9.17, 15) is 9.59 Å². The van der Waals surface area contributed by atoms with Crippen LogP contribution in [0.2, 0.25) is 0 Å². The Bertz CT molecular complexity index is 482. The molecule has 3 nitrogen and oxygen atoms in total. The highest BCUT2D eigenvalue weighted by molar-refractivity contribution is 6.21. The predicted octanol–water partition coefficient (Wildman–Crippen LogP) is 3.11. The van der Waals surface area contributed by atoms with Gasteiger partial charge in [0.1, 0.15) is 0 Å². The first-order chi connectivity index (χ1) is 9.18. The van der Waals surface area contributed by atoms with Crippen LogP contribution >= 0.6 is 0 Å². The van der Waals surface area contributed by atoms with Gasteiger partial charge in [-0.05, 0) is 24.0 Å².